The summed E-state index contributed by atoms with van der Waals surface area (Å²) in [7, 11) is 0. The topological polar surface area (TPSA) is 50.4 Å². The van der Waals surface area contributed by atoms with Crippen LogP contribution in [0.25, 0.3) is 0 Å². The van der Waals surface area contributed by atoms with E-state index in [9.17, 15) is 13.6 Å². The van der Waals surface area contributed by atoms with E-state index in [2.05, 4.69) is 10.6 Å². The molecule has 0 aromatic heterocycles. The van der Waals surface area contributed by atoms with Gasteiger partial charge in [0.25, 0.3) is 5.91 Å². The molecule has 2 aromatic carbocycles. The first-order chi connectivity index (χ1) is 11.5. The van der Waals surface area contributed by atoms with E-state index in [1.54, 1.807) is 13.0 Å². The second-order valence-electron chi connectivity index (χ2n) is 5.69. The molecular weight excluding hydrogens is 314 g/mol. The summed E-state index contributed by atoms with van der Waals surface area (Å²) in [4.78, 5) is 12.2. The number of benzene rings is 2. The minimum Gasteiger partial charge on any atom is -0.481 e. The zero-order chi connectivity index (χ0) is 17.1. The Balaban J connectivity index is 1.69. The lowest BCUT2D eigenvalue weighted by atomic mass is 9.99. The van der Waals surface area contributed by atoms with Crippen molar-refractivity contribution in [3.8, 4) is 5.75 Å². The maximum Gasteiger partial charge on any atom is 0.265 e. The van der Waals surface area contributed by atoms with Crippen molar-refractivity contribution in [3.05, 3.63) is 59.2 Å². The van der Waals surface area contributed by atoms with Crippen molar-refractivity contribution in [2.24, 2.45) is 0 Å². The summed E-state index contributed by atoms with van der Waals surface area (Å²) >= 11 is 0. The quantitative estimate of drug-likeness (QED) is 0.905. The van der Waals surface area contributed by atoms with E-state index in [0.29, 0.717) is 30.8 Å². The number of rotatable bonds is 4. The molecule has 0 saturated carbocycles. The summed E-state index contributed by atoms with van der Waals surface area (Å²) in [5, 5.41) is 5.74. The number of carbonyl (C=O) groups excluding carboxylic acids is 1. The first-order valence-electron chi connectivity index (χ1n) is 7.78. The molecule has 0 fully saturated rings. The number of halogens is 2. The van der Waals surface area contributed by atoms with Gasteiger partial charge in [-0.1, -0.05) is 6.07 Å². The molecule has 0 aliphatic carbocycles. The third kappa shape index (κ3) is 3.54. The van der Waals surface area contributed by atoms with Crippen LogP contribution in [0.1, 0.15) is 18.1 Å². The van der Waals surface area contributed by atoms with Crippen LogP contribution in [0.2, 0.25) is 0 Å². The predicted molar refractivity (Wildman–Crippen MR) is 86.9 cm³/mol. The summed E-state index contributed by atoms with van der Waals surface area (Å²) in [5.74, 6) is -0.871. The van der Waals surface area contributed by atoms with Crippen molar-refractivity contribution < 1.29 is 18.3 Å². The molecule has 1 amide bonds. The Bertz CT molecular complexity index is 747. The zero-order valence-corrected chi connectivity index (χ0v) is 13.2. The van der Waals surface area contributed by atoms with Gasteiger partial charge < -0.3 is 15.4 Å². The standard InChI is InChI=1S/C18H18F2N2O2/c1-11(24-14-5-3-13(19)4-6-14)18(23)22-16-7-2-12-10-21-9-8-15(12)17(16)20/h2-7,11,21H,8-10H2,1H3,(H,22,23). The first-order valence-corrected chi connectivity index (χ1v) is 7.78. The molecule has 3 rings (SSSR count). The van der Waals surface area contributed by atoms with Crippen LogP contribution in [0.5, 0.6) is 5.75 Å². The molecule has 4 nitrogen and oxygen atoms in total. The van der Waals surface area contributed by atoms with E-state index in [1.807, 2.05) is 6.07 Å². The molecule has 1 aliphatic rings. The monoisotopic (exact) mass is 332 g/mol. The van der Waals surface area contributed by atoms with Gasteiger partial charge in [0.15, 0.2) is 6.10 Å². The van der Waals surface area contributed by atoms with Crippen LogP contribution < -0.4 is 15.4 Å². The lowest BCUT2D eigenvalue weighted by Crippen LogP contribution is -2.31. The number of amides is 1. The van der Waals surface area contributed by atoms with Gasteiger partial charge in [-0.25, -0.2) is 8.78 Å². The van der Waals surface area contributed by atoms with Crippen LogP contribution in [0, 0.1) is 11.6 Å². The fourth-order valence-corrected chi connectivity index (χ4v) is 2.64. The Labute approximate surface area is 138 Å². The highest BCUT2D eigenvalue weighted by Gasteiger charge is 2.20. The Morgan fingerprint density at radius 2 is 1.96 bits per heavy atom. The number of nitrogens with one attached hydrogen (secondary N) is 2. The van der Waals surface area contributed by atoms with Gasteiger partial charge in [-0.05, 0) is 61.3 Å². The first kappa shape index (κ1) is 16.4. The Hall–Kier alpha value is -2.47. The van der Waals surface area contributed by atoms with Crippen LogP contribution in [0.3, 0.4) is 0 Å². The average molecular weight is 332 g/mol. The smallest absolute Gasteiger partial charge is 0.265 e. The van der Waals surface area contributed by atoms with E-state index in [4.69, 9.17) is 4.74 Å². The van der Waals surface area contributed by atoms with Crippen LogP contribution in [0.15, 0.2) is 36.4 Å². The maximum atomic E-state index is 14.5. The van der Waals surface area contributed by atoms with Crippen molar-refractivity contribution >= 4 is 11.6 Å². The second kappa shape index (κ2) is 6.97. The van der Waals surface area contributed by atoms with Gasteiger partial charge >= 0.3 is 0 Å². The van der Waals surface area contributed by atoms with Gasteiger partial charge in [-0.3, -0.25) is 4.79 Å². The van der Waals surface area contributed by atoms with E-state index >= 15 is 0 Å². The normalized spacial score (nSPS) is 14.6. The number of hydrogen-bond donors (Lipinski definition) is 2. The third-order valence-electron chi connectivity index (χ3n) is 3.96. The van der Waals surface area contributed by atoms with E-state index in [1.165, 1.54) is 24.3 Å². The lowest BCUT2D eigenvalue weighted by Gasteiger charge is -2.20. The number of hydrogen-bond acceptors (Lipinski definition) is 3. The van der Waals surface area contributed by atoms with Crippen molar-refractivity contribution in [2.45, 2.75) is 26.0 Å². The van der Waals surface area contributed by atoms with Gasteiger partial charge in [-0.15, -0.1) is 0 Å². The number of anilines is 1. The van der Waals surface area contributed by atoms with Gasteiger partial charge in [0.1, 0.15) is 17.4 Å². The maximum absolute atomic E-state index is 14.5. The molecule has 2 N–H and O–H groups in total. The molecular formula is C18H18F2N2O2. The van der Waals surface area contributed by atoms with Gasteiger partial charge in [0.05, 0.1) is 5.69 Å². The minimum atomic E-state index is -0.840. The van der Waals surface area contributed by atoms with Crippen LogP contribution >= 0.6 is 0 Å². The van der Waals surface area contributed by atoms with E-state index < -0.39 is 17.8 Å². The summed E-state index contributed by atoms with van der Waals surface area (Å²) in [5.41, 5.74) is 1.70. The van der Waals surface area contributed by atoms with Crippen LogP contribution in [-0.2, 0) is 17.8 Å². The van der Waals surface area contributed by atoms with Crippen LogP contribution in [-0.4, -0.2) is 18.6 Å². The summed E-state index contributed by atoms with van der Waals surface area (Å²) < 4.78 is 32.8. The lowest BCUT2D eigenvalue weighted by molar-refractivity contribution is -0.122. The second-order valence-corrected chi connectivity index (χ2v) is 5.69. The highest BCUT2D eigenvalue weighted by molar-refractivity contribution is 5.94. The molecule has 126 valence electrons. The molecule has 1 heterocycles. The molecule has 24 heavy (non-hydrogen) atoms. The zero-order valence-electron chi connectivity index (χ0n) is 13.2. The van der Waals surface area contributed by atoms with E-state index in [0.717, 1.165) is 5.56 Å². The van der Waals surface area contributed by atoms with Gasteiger partial charge in [-0.2, -0.15) is 0 Å². The molecule has 0 spiro atoms. The Morgan fingerprint density at radius 3 is 2.71 bits per heavy atom. The van der Waals surface area contributed by atoms with E-state index in [-0.39, 0.29) is 11.5 Å². The largest absolute Gasteiger partial charge is 0.481 e. The number of carbonyl (C=O) groups is 1. The SMILES string of the molecule is CC(Oc1ccc(F)cc1)C(=O)Nc1ccc2c(c1F)CCNC2. The van der Waals surface area contributed by atoms with Crippen molar-refractivity contribution in [3.63, 3.8) is 0 Å². The fraction of sp³-hybridized carbons (Fsp3) is 0.278. The molecule has 1 unspecified atom stereocenters. The number of ether oxygens (including phenoxy) is 1. The Morgan fingerprint density at radius 1 is 1.21 bits per heavy atom. The predicted octanol–water partition coefficient (Wildman–Crippen LogP) is 3.02. The van der Waals surface area contributed by atoms with Crippen LogP contribution in [0.4, 0.5) is 14.5 Å². The highest BCUT2D eigenvalue weighted by atomic mass is 19.1. The highest BCUT2D eigenvalue weighted by Crippen LogP contribution is 2.25. The molecule has 1 atom stereocenters. The fourth-order valence-electron chi connectivity index (χ4n) is 2.64. The average Bonchev–Trinajstić information content (AvgIpc) is 2.59. The van der Waals surface area contributed by atoms with Crippen molar-refractivity contribution in [2.75, 3.05) is 11.9 Å². The van der Waals surface area contributed by atoms with Gasteiger partial charge in [0, 0.05) is 6.54 Å². The molecule has 0 radical (unpaired) electrons. The minimum absolute atomic E-state index is 0.148. The van der Waals surface area contributed by atoms with Crippen molar-refractivity contribution in [1.29, 1.82) is 0 Å². The molecule has 1 aliphatic heterocycles. The van der Waals surface area contributed by atoms with Gasteiger partial charge in [0.2, 0.25) is 0 Å². The third-order valence-corrected chi connectivity index (χ3v) is 3.96. The molecule has 0 bridgehead atoms. The summed E-state index contributed by atoms with van der Waals surface area (Å²) in [6.45, 7) is 2.90. The molecule has 2 aromatic rings. The number of fused-ring (bicyclic) bond motifs is 1. The molecule has 0 saturated heterocycles. The summed E-state index contributed by atoms with van der Waals surface area (Å²) in [6, 6.07) is 8.74. The molecule has 6 heteroatoms. The Kier molecular flexibility index (Phi) is 4.76. The summed E-state index contributed by atoms with van der Waals surface area (Å²) in [6.07, 6.45) is -0.250. The van der Waals surface area contributed by atoms with Crippen molar-refractivity contribution in [1.82, 2.24) is 5.32 Å².